The summed E-state index contributed by atoms with van der Waals surface area (Å²) in [6, 6.07) is 7.30. The number of halogens is 1. The number of aromatic nitrogens is 2. The molecule has 2 atom stereocenters. The van der Waals surface area contributed by atoms with Gasteiger partial charge in [-0.3, -0.25) is 4.21 Å². The Morgan fingerprint density at radius 1 is 1.28 bits per heavy atom. The molecule has 1 aromatic heterocycles. The molecule has 0 unspecified atom stereocenters. The van der Waals surface area contributed by atoms with Gasteiger partial charge in [0.15, 0.2) is 10.2 Å². The molecule has 25 heavy (non-hydrogen) atoms. The highest BCUT2D eigenvalue weighted by molar-refractivity contribution is 7.85. The number of ether oxygens (including phenoxy) is 1. The fourth-order valence-electron chi connectivity index (χ4n) is 2.64. The molecule has 0 spiro atoms. The zero-order valence-corrected chi connectivity index (χ0v) is 15.9. The van der Waals surface area contributed by atoms with E-state index >= 15 is 0 Å². The summed E-state index contributed by atoms with van der Waals surface area (Å²) in [6.07, 6.45) is 0.221. The van der Waals surface area contributed by atoms with Gasteiger partial charge in [-0.05, 0) is 39.3 Å². The van der Waals surface area contributed by atoms with E-state index in [1.165, 1.54) is 0 Å². The van der Waals surface area contributed by atoms with Crippen LogP contribution >= 0.6 is 11.6 Å². The lowest BCUT2D eigenvalue weighted by molar-refractivity contribution is 0.0295. The van der Waals surface area contributed by atoms with Gasteiger partial charge >= 0.3 is 6.09 Å². The lowest BCUT2D eigenvalue weighted by Gasteiger charge is -2.24. The molecule has 2 heterocycles. The molecule has 0 bridgehead atoms. The van der Waals surface area contributed by atoms with Crippen LogP contribution in [0.1, 0.15) is 27.2 Å². The number of para-hydroxylation sites is 2. The first kappa shape index (κ1) is 18.1. The van der Waals surface area contributed by atoms with Crippen LogP contribution in [-0.4, -0.2) is 49.1 Å². The molecule has 0 aliphatic carbocycles. The Labute approximate surface area is 154 Å². The molecule has 3 rings (SSSR count). The van der Waals surface area contributed by atoms with Crippen LogP contribution in [0, 0.1) is 0 Å². The highest BCUT2D eigenvalue weighted by Crippen LogP contribution is 2.26. The van der Waals surface area contributed by atoms with Crippen LogP contribution < -0.4 is 0 Å². The number of carbonyl (C=O) groups is 1. The van der Waals surface area contributed by atoms with Gasteiger partial charge in [-0.2, -0.15) is 0 Å². The molecule has 1 amide bonds. The van der Waals surface area contributed by atoms with Crippen molar-refractivity contribution >= 4 is 39.5 Å². The molecule has 1 aliphatic rings. The summed E-state index contributed by atoms with van der Waals surface area (Å²) in [5.41, 5.74) is 0.758. The van der Waals surface area contributed by atoms with E-state index in [-0.39, 0.29) is 21.5 Å². The molecule has 0 radical (unpaired) electrons. The molecule has 6 nitrogen and oxygen atoms in total. The van der Waals surface area contributed by atoms with Gasteiger partial charge in [-0.25, -0.2) is 14.8 Å². The maximum atomic E-state index is 12.9. The van der Waals surface area contributed by atoms with Crippen molar-refractivity contribution in [3.8, 4) is 0 Å². The van der Waals surface area contributed by atoms with E-state index in [2.05, 4.69) is 9.97 Å². The Morgan fingerprint density at radius 2 is 1.92 bits per heavy atom. The first-order valence-electron chi connectivity index (χ1n) is 8.05. The average Bonchev–Trinajstić information content (AvgIpc) is 3.02. The second-order valence-electron chi connectivity index (χ2n) is 6.94. The Hall–Kier alpha value is -1.73. The maximum absolute atomic E-state index is 12.9. The third kappa shape index (κ3) is 4.10. The molecule has 134 valence electrons. The van der Waals surface area contributed by atoms with Crippen LogP contribution in [0.5, 0.6) is 0 Å². The predicted octanol–water partition coefficient (Wildman–Crippen LogP) is 3.40. The van der Waals surface area contributed by atoms with Crippen molar-refractivity contribution in [2.45, 2.75) is 43.1 Å². The molecule has 8 heteroatoms. The lowest BCUT2D eigenvalue weighted by atomic mass is 10.2. The SMILES string of the molecule is CC(C)(C)OC(=O)N1CC[C@@H]([S@](=O)c2nc3ccccc3nc2Cl)C1. The Kier molecular flexibility index (Phi) is 4.97. The first-order chi connectivity index (χ1) is 11.7. The zero-order chi connectivity index (χ0) is 18.2. The number of hydrogen-bond acceptors (Lipinski definition) is 5. The van der Waals surface area contributed by atoms with Gasteiger partial charge in [0.25, 0.3) is 0 Å². The largest absolute Gasteiger partial charge is 0.444 e. The van der Waals surface area contributed by atoms with Gasteiger partial charge in [0.1, 0.15) is 5.60 Å². The number of amides is 1. The zero-order valence-electron chi connectivity index (χ0n) is 14.4. The van der Waals surface area contributed by atoms with Crippen molar-refractivity contribution in [3.05, 3.63) is 29.4 Å². The topological polar surface area (TPSA) is 72.4 Å². The summed E-state index contributed by atoms with van der Waals surface area (Å²) in [7, 11) is -1.44. The van der Waals surface area contributed by atoms with E-state index in [0.29, 0.717) is 30.5 Å². The number of rotatable bonds is 2. The summed E-state index contributed by atoms with van der Waals surface area (Å²) in [5.74, 6) is 0. The number of likely N-dealkylation sites (tertiary alicyclic amines) is 1. The average molecular weight is 382 g/mol. The van der Waals surface area contributed by atoms with E-state index in [1.807, 2.05) is 32.9 Å². The van der Waals surface area contributed by atoms with Crippen LogP contribution in [0.4, 0.5) is 4.79 Å². The van der Waals surface area contributed by atoms with Crippen molar-refractivity contribution in [1.29, 1.82) is 0 Å². The second kappa shape index (κ2) is 6.88. The predicted molar refractivity (Wildman–Crippen MR) is 97.2 cm³/mol. The lowest BCUT2D eigenvalue weighted by Crippen LogP contribution is -2.36. The third-order valence-corrected chi connectivity index (χ3v) is 5.82. The summed E-state index contributed by atoms with van der Waals surface area (Å²) in [4.78, 5) is 22.4. The normalized spacial score (nSPS) is 19.2. The molecule has 2 aromatic rings. The summed E-state index contributed by atoms with van der Waals surface area (Å²) in [6.45, 7) is 6.32. The minimum Gasteiger partial charge on any atom is -0.444 e. The summed E-state index contributed by atoms with van der Waals surface area (Å²) in [5, 5.41) is 0.185. The van der Waals surface area contributed by atoms with E-state index in [4.69, 9.17) is 16.3 Å². The third-order valence-electron chi connectivity index (χ3n) is 3.79. The number of benzene rings is 1. The van der Waals surface area contributed by atoms with Gasteiger partial charge in [0.05, 0.1) is 27.1 Å². The van der Waals surface area contributed by atoms with E-state index in [9.17, 15) is 9.00 Å². The van der Waals surface area contributed by atoms with Crippen LogP contribution in [-0.2, 0) is 15.5 Å². The van der Waals surface area contributed by atoms with Crippen molar-refractivity contribution in [1.82, 2.24) is 14.9 Å². The molecule has 0 N–H and O–H groups in total. The summed E-state index contributed by atoms with van der Waals surface area (Å²) < 4.78 is 18.3. The van der Waals surface area contributed by atoms with Gasteiger partial charge in [0, 0.05) is 13.1 Å². The maximum Gasteiger partial charge on any atom is 0.410 e. The van der Waals surface area contributed by atoms with Crippen LogP contribution in [0.25, 0.3) is 11.0 Å². The summed E-state index contributed by atoms with van der Waals surface area (Å²) >= 11 is 6.19. The molecule has 0 saturated carbocycles. The Balaban J connectivity index is 1.76. The van der Waals surface area contributed by atoms with Crippen LogP contribution in [0.15, 0.2) is 29.3 Å². The molecular formula is C17H20ClN3O3S. The molecule has 1 saturated heterocycles. The Morgan fingerprint density at radius 3 is 2.56 bits per heavy atom. The first-order valence-corrected chi connectivity index (χ1v) is 9.64. The minimum absolute atomic E-state index is 0.146. The fraction of sp³-hybridized carbons (Fsp3) is 0.471. The van der Waals surface area contributed by atoms with Crippen LogP contribution in [0.3, 0.4) is 0 Å². The van der Waals surface area contributed by atoms with Gasteiger partial charge < -0.3 is 9.64 Å². The number of hydrogen-bond donors (Lipinski definition) is 0. The van der Waals surface area contributed by atoms with Crippen molar-refractivity contribution in [3.63, 3.8) is 0 Å². The van der Waals surface area contributed by atoms with Crippen molar-refractivity contribution in [2.75, 3.05) is 13.1 Å². The van der Waals surface area contributed by atoms with E-state index in [0.717, 1.165) is 0 Å². The number of fused-ring (bicyclic) bond motifs is 1. The molecular weight excluding hydrogens is 362 g/mol. The highest BCUT2D eigenvalue weighted by Gasteiger charge is 2.34. The van der Waals surface area contributed by atoms with Gasteiger partial charge in [-0.1, -0.05) is 23.7 Å². The number of carbonyl (C=O) groups excluding carboxylic acids is 1. The highest BCUT2D eigenvalue weighted by atomic mass is 35.5. The quantitative estimate of drug-likeness (QED) is 0.797. The van der Waals surface area contributed by atoms with Gasteiger partial charge in [-0.15, -0.1) is 0 Å². The van der Waals surface area contributed by atoms with Crippen molar-refractivity contribution < 1.29 is 13.7 Å². The van der Waals surface area contributed by atoms with Crippen molar-refractivity contribution in [2.24, 2.45) is 0 Å². The Bertz CT molecular complexity index is 837. The monoisotopic (exact) mass is 381 g/mol. The smallest absolute Gasteiger partial charge is 0.410 e. The van der Waals surface area contributed by atoms with Crippen LogP contribution in [0.2, 0.25) is 5.15 Å². The second-order valence-corrected chi connectivity index (χ2v) is 8.95. The van der Waals surface area contributed by atoms with Gasteiger partial charge in [0.2, 0.25) is 0 Å². The molecule has 1 aromatic carbocycles. The van der Waals surface area contributed by atoms with E-state index in [1.54, 1.807) is 17.0 Å². The number of nitrogens with zero attached hydrogens (tertiary/aromatic N) is 3. The molecule has 1 aliphatic heterocycles. The molecule has 1 fully saturated rings. The standard InChI is InChI=1S/C17H20ClN3O3S/c1-17(2,3)24-16(22)21-9-8-11(10-21)25(23)15-14(18)19-12-6-4-5-7-13(12)20-15/h4-7,11H,8-10H2,1-3H3/t11-,25+/m1/s1. The fourth-order valence-corrected chi connectivity index (χ4v) is 4.36. The van der Waals surface area contributed by atoms with E-state index < -0.39 is 16.4 Å². The minimum atomic E-state index is -1.44.